The van der Waals surface area contributed by atoms with Crippen LogP contribution in [-0.2, 0) is 28.2 Å². The highest BCUT2D eigenvalue weighted by Crippen LogP contribution is 2.36. The van der Waals surface area contributed by atoms with Gasteiger partial charge in [-0.05, 0) is 70.6 Å². The van der Waals surface area contributed by atoms with Crippen molar-refractivity contribution in [2.24, 2.45) is 0 Å². The predicted molar refractivity (Wildman–Crippen MR) is 207 cm³/mol. The lowest BCUT2D eigenvalue weighted by atomic mass is 10.1. The number of rotatable bonds is 37. The van der Waals surface area contributed by atoms with Gasteiger partial charge in [-0.1, -0.05) is 147 Å². The van der Waals surface area contributed by atoms with Crippen LogP contribution in [-0.4, -0.2) is 41.0 Å². The van der Waals surface area contributed by atoms with Crippen LogP contribution < -0.4 is 0 Å². The van der Waals surface area contributed by atoms with Gasteiger partial charge in [-0.15, -0.1) is 0 Å². The highest BCUT2D eigenvalue weighted by Gasteiger charge is 2.22. The largest absolute Gasteiger partial charge is 0.469 e. The van der Waals surface area contributed by atoms with Crippen molar-refractivity contribution in [3.05, 3.63) is 36.5 Å². The minimum Gasteiger partial charge on any atom is -0.462 e. The van der Waals surface area contributed by atoms with E-state index in [4.69, 9.17) is 19.3 Å². The maximum atomic E-state index is 12.4. The monoisotopic (exact) mass is 727 g/mol. The van der Waals surface area contributed by atoms with Gasteiger partial charge in [0.05, 0.1) is 6.61 Å². The Hall–Kier alpha value is -1.73. The van der Waals surface area contributed by atoms with E-state index in [0.717, 1.165) is 64.2 Å². The van der Waals surface area contributed by atoms with Crippen LogP contribution in [0.15, 0.2) is 36.5 Å². The topological polar surface area (TPSA) is 119 Å². The van der Waals surface area contributed by atoms with E-state index in [1.54, 1.807) is 0 Å². The lowest BCUT2D eigenvalue weighted by Crippen LogP contribution is -2.29. The number of carbonyl (C=O) groups excluding carboxylic acids is 2. The first-order valence-corrected chi connectivity index (χ1v) is 21.8. The zero-order valence-electron chi connectivity index (χ0n) is 32.0. The number of carbonyl (C=O) groups is 2. The molecule has 8 nitrogen and oxygen atoms in total. The first-order chi connectivity index (χ1) is 24.3. The fourth-order valence-electron chi connectivity index (χ4n) is 5.57. The van der Waals surface area contributed by atoms with Gasteiger partial charge in [-0.25, -0.2) is 4.57 Å². The van der Waals surface area contributed by atoms with Crippen LogP contribution >= 0.6 is 7.82 Å². The van der Waals surface area contributed by atoms with Crippen molar-refractivity contribution >= 4 is 19.8 Å². The molecule has 0 heterocycles. The van der Waals surface area contributed by atoms with Gasteiger partial charge < -0.3 is 19.3 Å². The summed E-state index contributed by atoms with van der Waals surface area (Å²) in [7, 11) is -4.75. The van der Waals surface area contributed by atoms with Crippen LogP contribution in [0.3, 0.4) is 0 Å². The molecule has 1 atom stereocenters. The van der Waals surface area contributed by atoms with E-state index in [-0.39, 0.29) is 19.4 Å². The molecule has 0 bridgehead atoms. The van der Waals surface area contributed by atoms with Crippen molar-refractivity contribution in [2.45, 2.75) is 200 Å². The van der Waals surface area contributed by atoms with E-state index >= 15 is 0 Å². The zero-order valence-corrected chi connectivity index (χ0v) is 32.9. The van der Waals surface area contributed by atoms with Crippen molar-refractivity contribution < 1.29 is 37.9 Å². The number of hydrogen-bond donors (Lipinski definition) is 2. The number of phosphoric ester groups is 1. The van der Waals surface area contributed by atoms with E-state index in [0.29, 0.717) is 12.8 Å². The molecule has 0 spiro atoms. The summed E-state index contributed by atoms with van der Waals surface area (Å²) in [6, 6.07) is 0. The maximum absolute atomic E-state index is 12.4. The molecular formula is C41H75O8P. The molecule has 0 saturated carbocycles. The Labute approximate surface area is 306 Å². The van der Waals surface area contributed by atoms with Gasteiger partial charge in [0.25, 0.3) is 0 Å². The lowest BCUT2D eigenvalue weighted by molar-refractivity contribution is -0.161. The molecule has 0 rings (SSSR count). The quantitative estimate of drug-likeness (QED) is 0.0281. The van der Waals surface area contributed by atoms with Crippen LogP contribution in [0.25, 0.3) is 0 Å². The third-order valence-electron chi connectivity index (χ3n) is 8.63. The molecule has 0 fully saturated rings. The first kappa shape index (κ1) is 48.3. The summed E-state index contributed by atoms with van der Waals surface area (Å²) in [5.74, 6) is -0.898. The highest BCUT2D eigenvalue weighted by atomic mass is 31.2. The Morgan fingerprint density at radius 1 is 0.520 bits per heavy atom. The number of hydrogen-bond acceptors (Lipinski definition) is 6. The Kier molecular flexibility index (Phi) is 35.8. The second-order valence-electron chi connectivity index (χ2n) is 13.6. The Morgan fingerprint density at radius 2 is 0.900 bits per heavy atom. The SMILES string of the molecule is CCCCC/C=C/C/C=C/CCCCCCCCCCCC(=O)O[C@H](COC(=O)CCCCCCC/C=C/CCCCCC)COP(=O)(O)O. The molecule has 0 saturated heterocycles. The number of ether oxygens (including phenoxy) is 2. The van der Waals surface area contributed by atoms with Gasteiger partial charge in [-0.2, -0.15) is 0 Å². The van der Waals surface area contributed by atoms with Crippen molar-refractivity contribution in [2.75, 3.05) is 13.2 Å². The lowest BCUT2D eigenvalue weighted by Gasteiger charge is -2.18. The Morgan fingerprint density at radius 3 is 1.38 bits per heavy atom. The minimum absolute atomic E-state index is 0.206. The Bertz CT molecular complexity index is 910. The van der Waals surface area contributed by atoms with E-state index in [1.807, 2.05) is 0 Å². The van der Waals surface area contributed by atoms with Gasteiger partial charge in [-0.3, -0.25) is 14.1 Å². The van der Waals surface area contributed by atoms with E-state index in [2.05, 4.69) is 54.8 Å². The smallest absolute Gasteiger partial charge is 0.462 e. The average molecular weight is 727 g/mol. The maximum Gasteiger partial charge on any atom is 0.469 e. The summed E-state index contributed by atoms with van der Waals surface area (Å²) in [4.78, 5) is 42.8. The molecule has 0 aromatic heterocycles. The summed E-state index contributed by atoms with van der Waals surface area (Å²) < 4.78 is 26.3. The fraction of sp³-hybridized carbons (Fsp3) is 0.805. The predicted octanol–water partition coefficient (Wildman–Crippen LogP) is 12.2. The Balaban J connectivity index is 3.93. The van der Waals surface area contributed by atoms with Crippen molar-refractivity contribution in [3.63, 3.8) is 0 Å². The molecule has 0 aliphatic carbocycles. The summed E-state index contributed by atoms with van der Waals surface area (Å²) in [5, 5.41) is 0. The molecule has 0 aliphatic heterocycles. The number of esters is 2. The molecule has 0 aromatic rings. The molecule has 0 radical (unpaired) electrons. The van der Waals surface area contributed by atoms with E-state index in [9.17, 15) is 14.2 Å². The van der Waals surface area contributed by atoms with Crippen molar-refractivity contribution in [1.29, 1.82) is 0 Å². The molecule has 9 heteroatoms. The molecule has 292 valence electrons. The highest BCUT2D eigenvalue weighted by molar-refractivity contribution is 7.46. The van der Waals surface area contributed by atoms with Gasteiger partial charge >= 0.3 is 19.8 Å². The molecule has 0 aromatic carbocycles. The second kappa shape index (κ2) is 37.0. The molecule has 0 aliphatic rings. The zero-order chi connectivity index (χ0) is 36.8. The van der Waals surface area contributed by atoms with E-state index < -0.39 is 32.5 Å². The van der Waals surface area contributed by atoms with Gasteiger partial charge in [0, 0.05) is 12.8 Å². The van der Waals surface area contributed by atoms with Crippen LogP contribution in [0.2, 0.25) is 0 Å². The first-order valence-electron chi connectivity index (χ1n) is 20.3. The second-order valence-corrected chi connectivity index (χ2v) is 14.8. The fourth-order valence-corrected chi connectivity index (χ4v) is 5.93. The van der Waals surface area contributed by atoms with Crippen molar-refractivity contribution in [3.8, 4) is 0 Å². The summed E-state index contributed by atoms with van der Waals surface area (Å²) >= 11 is 0. The van der Waals surface area contributed by atoms with Crippen LogP contribution in [0.1, 0.15) is 194 Å². The summed E-state index contributed by atoms with van der Waals surface area (Å²) in [6.07, 6.45) is 42.9. The molecular weight excluding hydrogens is 651 g/mol. The molecule has 50 heavy (non-hydrogen) atoms. The van der Waals surface area contributed by atoms with E-state index in [1.165, 1.54) is 89.9 Å². The van der Waals surface area contributed by atoms with Crippen LogP contribution in [0.4, 0.5) is 0 Å². The number of unbranched alkanes of at least 4 members (excludes halogenated alkanes) is 21. The average Bonchev–Trinajstić information content (AvgIpc) is 3.08. The third kappa shape index (κ3) is 39.1. The summed E-state index contributed by atoms with van der Waals surface area (Å²) in [6.45, 7) is 3.63. The van der Waals surface area contributed by atoms with Crippen LogP contribution in [0, 0.1) is 0 Å². The third-order valence-corrected chi connectivity index (χ3v) is 9.12. The molecule has 2 N–H and O–H groups in total. The van der Waals surface area contributed by atoms with Gasteiger partial charge in [0.1, 0.15) is 6.61 Å². The number of phosphoric acid groups is 1. The minimum atomic E-state index is -4.75. The molecule has 0 unspecified atom stereocenters. The normalized spacial score (nSPS) is 12.8. The van der Waals surface area contributed by atoms with Crippen molar-refractivity contribution in [1.82, 2.24) is 0 Å². The van der Waals surface area contributed by atoms with Crippen LogP contribution in [0.5, 0.6) is 0 Å². The van der Waals surface area contributed by atoms with Gasteiger partial charge in [0.2, 0.25) is 0 Å². The summed E-state index contributed by atoms with van der Waals surface area (Å²) in [5.41, 5.74) is 0. The number of allylic oxidation sites excluding steroid dienone is 6. The van der Waals surface area contributed by atoms with Gasteiger partial charge in [0.15, 0.2) is 6.10 Å². The molecule has 0 amide bonds. The standard InChI is InChI=1S/C41H75O8P/c1-3-5-7-9-11-13-15-17-18-19-20-21-22-24-26-28-30-32-34-36-41(43)49-39(38-48-50(44,45)46)37-47-40(42)35-33-31-29-27-25-23-16-14-12-10-8-6-4-2/h11,13-14,16-18,39H,3-10,12,15,19-38H2,1-2H3,(H2,44,45,46)/b13-11+,16-14+,18-17+/t39-/m1/s1.